The van der Waals surface area contributed by atoms with Gasteiger partial charge in [-0.05, 0) is 24.6 Å². The molecule has 0 saturated carbocycles. The molecule has 0 heterocycles. The summed E-state index contributed by atoms with van der Waals surface area (Å²) in [4.78, 5) is 11.8. The zero-order valence-corrected chi connectivity index (χ0v) is 10.1. The lowest BCUT2D eigenvalue weighted by Crippen LogP contribution is -2.37. The molecule has 0 aliphatic carbocycles. The van der Waals surface area contributed by atoms with Gasteiger partial charge >= 0.3 is 0 Å². The van der Waals surface area contributed by atoms with E-state index in [9.17, 15) is 9.90 Å². The van der Waals surface area contributed by atoms with Crippen LogP contribution in [0.4, 0.5) is 5.69 Å². The lowest BCUT2D eigenvalue weighted by molar-refractivity contribution is 0.0894. The van der Waals surface area contributed by atoms with Crippen LogP contribution in [0.1, 0.15) is 23.7 Å². The average molecular weight is 238 g/mol. The molecule has 1 amide bonds. The Morgan fingerprint density at radius 3 is 2.82 bits per heavy atom. The fraction of sp³-hybridized carbons (Fsp3) is 0.417. The molecule has 1 unspecified atom stereocenters. The highest BCUT2D eigenvalue weighted by Gasteiger charge is 2.12. The minimum atomic E-state index is -0.246. The first kappa shape index (κ1) is 13.3. The van der Waals surface area contributed by atoms with E-state index in [1.165, 1.54) is 12.1 Å². The maximum absolute atomic E-state index is 11.8. The maximum Gasteiger partial charge on any atom is 0.251 e. The predicted molar refractivity (Wildman–Crippen MR) is 65.9 cm³/mol. The van der Waals surface area contributed by atoms with E-state index in [4.69, 9.17) is 10.5 Å². The topological polar surface area (TPSA) is 84.6 Å². The highest BCUT2D eigenvalue weighted by atomic mass is 16.5. The van der Waals surface area contributed by atoms with Crippen LogP contribution in [0.15, 0.2) is 18.2 Å². The molecule has 5 nitrogen and oxygen atoms in total. The van der Waals surface area contributed by atoms with E-state index < -0.39 is 0 Å². The number of phenolic OH excluding ortho intramolecular Hbond substituents is 1. The van der Waals surface area contributed by atoms with Crippen molar-refractivity contribution < 1.29 is 14.6 Å². The van der Waals surface area contributed by atoms with Gasteiger partial charge in [0, 0.05) is 12.7 Å². The van der Waals surface area contributed by atoms with Crippen molar-refractivity contribution in [2.45, 2.75) is 19.4 Å². The lowest BCUT2D eigenvalue weighted by Gasteiger charge is -2.16. The van der Waals surface area contributed by atoms with Crippen molar-refractivity contribution in [3.63, 3.8) is 0 Å². The summed E-state index contributed by atoms with van der Waals surface area (Å²) < 4.78 is 4.99. The van der Waals surface area contributed by atoms with Crippen LogP contribution in [0.2, 0.25) is 0 Å². The molecule has 17 heavy (non-hydrogen) atoms. The van der Waals surface area contributed by atoms with Gasteiger partial charge in [-0.2, -0.15) is 0 Å². The number of methoxy groups -OCH3 is 1. The number of carbonyl (C=O) groups excluding carboxylic acids is 1. The third-order valence-corrected chi connectivity index (χ3v) is 2.49. The maximum atomic E-state index is 11.8. The molecule has 1 atom stereocenters. The van der Waals surface area contributed by atoms with Crippen LogP contribution in [0.25, 0.3) is 0 Å². The van der Waals surface area contributed by atoms with E-state index in [0.717, 1.165) is 6.42 Å². The summed E-state index contributed by atoms with van der Waals surface area (Å²) in [7, 11) is 1.59. The smallest absolute Gasteiger partial charge is 0.251 e. The van der Waals surface area contributed by atoms with Crippen LogP contribution in [0, 0.1) is 0 Å². The monoisotopic (exact) mass is 238 g/mol. The third-order valence-electron chi connectivity index (χ3n) is 2.49. The van der Waals surface area contributed by atoms with E-state index in [2.05, 4.69) is 5.32 Å². The fourth-order valence-corrected chi connectivity index (χ4v) is 1.42. The number of aromatic hydroxyl groups is 1. The van der Waals surface area contributed by atoms with Gasteiger partial charge < -0.3 is 20.9 Å². The number of benzene rings is 1. The van der Waals surface area contributed by atoms with Gasteiger partial charge in [-0.15, -0.1) is 0 Å². The molecular formula is C12H18N2O3. The van der Waals surface area contributed by atoms with E-state index in [-0.39, 0.29) is 23.4 Å². The van der Waals surface area contributed by atoms with Gasteiger partial charge in [-0.25, -0.2) is 0 Å². The lowest BCUT2D eigenvalue weighted by atomic mass is 10.1. The Labute approximate surface area is 101 Å². The molecule has 0 bridgehead atoms. The molecule has 5 heteroatoms. The Morgan fingerprint density at radius 1 is 1.59 bits per heavy atom. The summed E-state index contributed by atoms with van der Waals surface area (Å²) in [6.45, 7) is 2.42. The largest absolute Gasteiger partial charge is 0.506 e. The second-order valence-electron chi connectivity index (χ2n) is 3.81. The number of amides is 1. The Morgan fingerprint density at radius 2 is 2.29 bits per heavy atom. The molecule has 4 N–H and O–H groups in total. The number of rotatable bonds is 5. The van der Waals surface area contributed by atoms with Gasteiger partial charge in [0.15, 0.2) is 0 Å². The number of hydrogen-bond donors (Lipinski definition) is 3. The van der Waals surface area contributed by atoms with Gasteiger partial charge in [0.1, 0.15) is 5.75 Å². The highest BCUT2D eigenvalue weighted by molar-refractivity contribution is 5.95. The van der Waals surface area contributed by atoms with Crippen LogP contribution in [-0.2, 0) is 4.74 Å². The molecule has 0 fully saturated rings. The van der Waals surface area contributed by atoms with Crippen molar-refractivity contribution in [1.29, 1.82) is 0 Å². The number of hydrogen-bond acceptors (Lipinski definition) is 4. The molecular weight excluding hydrogens is 220 g/mol. The number of nitrogen functional groups attached to an aromatic ring is 1. The Balaban J connectivity index is 2.72. The third kappa shape index (κ3) is 3.64. The summed E-state index contributed by atoms with van der Waals surface area (Å²) in [6, 6.07) is 4.39. The molecule has 1 aromatic carbocycles. The molecule has 1 rings (SSSR count). The normalized spacial score (nSPS) is 12.1. The molecule has 0 aromatic heterocycles. The molecule has 0 radical (unpaired) electrons. The zero-order valence-electron chi connectivity index (χ0n) is 10.1. The van der Waals surface area contributed by atoms with Gasteiger partial charge in [0.05, 0.1) is 18.3 Å². The first-order valence-corrected chi connectivity index (χ1v) is 5.46. The molecule has 94 valence electrons. The number of phenols is 1. The quantitative estimate of drug-likeness (QED) is 0.530. The van der Waals surface area contributed by atoms with Gasteiger partial charge in [-0.3, -0.25) is 4.79 Å². The van der Waals surface area contributed by atoms with Crippen LogP contribution < -0.4 is 11.1 Å². The van der Waals surface area contributed by atoms with Gasteiger partial charge in [0.2, 0.25) is 0 Å². The predicted octanol–water partition coefficient (Wildman–Crippen LogP) is 1.13. The van der Waals surface area contributed by atoms with E-state index in [0.29, 0.717) is 12.2 Å². The van der Waals surface area contributed by atoms with Crippen molar-refractivity contribution in [3.8, 4) is 5.75 Å². The summed E-state index contributed by atoms with van der Waals surface area (Å²) in [6.07, 6.45) is 0.778. The first-order valence-electron chi connectivity index (χ1n) is 5.46. The average Bonchev–Trinajstić information content (AvgIpc) is 2.31. The van der Waals surface area contributed by atoms with Crippen molar-refractivity contribution in [2.75, 3.05) is 19.5 Å². The second kappa shape index (κ2) is 6.10. The number of carbonyl (C=O) groups is 1. The Kier molecular flexibility index (Phi) is 4.78. The zero-order chi connectivity index (χ0) is 12.8. The van der Waals surface area contributed by atoms with Crippen molar-refractivity contribution in [3.05, 3.63) is 23.8 Å². The SMILES string of the molecule is CCC(COC)NC(=O)c1ccc(N)c(O)c1. The Hall–Kier alpha value is -1.75. The summed E-state index contributed by atoms with van der Waals surface area (Å²) >= 11 is 0. The van der Waals surface area contributed by atoms with Crippen molar-refractivity contribution >= 4 is 11.6 Å². The Bertz CT molecular complexity index is 393. The van der Waals surface area contributed by atoms with E-state index in [1.807, 2.05) is 6.92 Å². The molecule has 0 aliphatic rings. The van der Waals surface area contributed by atoms with E-state index >= 15 is 0 Å². The fourth-order valence-electron chi connectivity index (χ4n) is 1.42. The van der Waals surface area contributed by atoms with Gasteiger partial charge in [0.25, 0.3) is 5.91 Å². The van der Waals surface area contributed by atoms with Crippen LogP contribution in [0.3, 0.4) is 0 Å². The minimum Gasteiger partial charge on any atom is -0.506 e. The van der Waals surface area contributed by atoms with Crippen LogP contribution in [0.5, 0.6) is 5.75 Å². The summed E-state index contributed by atoms with van der Waals surface area (Å²) in [5.74, 6) is -0.332. The van der Waals surface area contributed by atoms with Gasteiger partial charge in [-0.1, -0.05) is 6.92 Å². The molecule has 1 aromatic rings. The highest BCUT2D eigenvalue weighted by Crippen LogP contribution is 2.20. The molecule has 0 saturated heterocycles. The number of nitrogens with two attached hydrogens (primary N) is 1. The minimum absolute atomic E-state index is 0.0350. The molecule has 0 aliphatic heterocycles. The standard InChI is InChI=1S/C12H18N2O3/c1-3-9(7-17-2)14-12(16)8-4-5-10(13)11(15)6-8/h4-6,9,15H,3,7,13H2,1-2H3,(H,14,16). The van der Waals surface area contributed by atoms with Crippen LogP contribution >= 0.6 is 0 Å². The number of ether oxygens (including phenoxy) is 1. The van der Waals surface area contributed by atoms with E-state index in [1.54, 1.807) is 13.2 Å². The molecule has 0 spiro atoms. The number of nitrogens with one attached hydrogen (secondary N) is 1. The van der Waals surface area contributed by atoms with Crippen molar-refractivity contribution in [2.24, 2.45) is 0 Å². The van der Waals surface area contributed by atoms with Crippen LogP contribution in [-0.4, -0.2) is 30.8 Å². The first-order chi connectivity index (χ1) is 8.08. The number of anilines is 1. The second-order valence-corrected chi connectivity index (χ2v) is 3.81. The summed E-state index contributed by atoms with van der Waals surface area (Å²) in [5, 5.41) is 12.2. The summed E-state index contributed by atoms with van der Waals surface area (Å²) in [5.41, 5.74) is 6.10. The van der Waals surface area contributed by atoms with Crippen molar-refractivity contribution in [1.82, 2.24) is 5.32 Å².